The van der Waals surface area contributed by atoms with Gasteiger partial charge in [-0.3, -0.25) is 14.4 Å². The molecule has 7 heteroatoms. The van der Waals surface area contributed by atoms with Crippen molar-refractivity contribution >= 4 is 29.1 Å². The fraction of sp³-hybridized carbons (Fsp3) is 0.250. The van der Waals surface area contributed by atoms with Crippen molar-refractivity contribution in [2.24, 2.45) is 5.92 Å². The summed E-state index contributed by atoms with van der Waals surface area (Å²) >= 11 is 0. The van der Waals surface area contributed by atoms with Gasteiger partial charge in [0.25, 0.3) is 5.91 Å². The van der Waals surface area contributed by atoms with Crippen LogP contribution in [0.4, 0.5) is 11.4 Å². The predicted octanol–water partition coefficient (Wildman–Crippen LogP) is 4.37. The van der Waals surface area contributed by atoms with Gasteiger partial charge in [0.05, 0.1) is 19.4 Å². The number of ether oxygens (including phenoxy) is 1. The molecule has 0 spiro atoms. The van der Waals surface area contributed by atoms with Crippen LogP contribution in [-0.2, 0) is 16.0 Å². The maximum Gasteiger partial charge on any atom is 0.255 e. The summed E-state index contributed by atoms with van der Waals surface area (Å²) in [6, 6.07) is 23.5. The average Bonchev–Trinajstić information content (AvgIpc) is 2.90. The summed E-state index contributed by atoms with van der Waals surface area (Å²) in [5, 5.41) is 5.76. The molecule has 1 fully saturated rings. The van der Waals surface area contributed by atoms with E-state index in [0.717, 1.165) is 18.4 Å². The van der Waals surface area contributed by atoms with Crippen LogP contribution in [0.25, 0.3) is 0 Å². The summed E-state index contributed by atoms with van der Waals surface area (Å²) in [7, 11) is 1.59. The highest BCUT2D eigenvalue weighted by molar-refractivity contribution is 6.04. The molecule has 3 aromatic carbocycles. The van der Waals surface area contributed by atoms with Crippen LogP contribution in [0.5, 0.6) is 5.75 Å². The molecule has 0 radical (unpaired) electrons. The number of amides is 3. The number of hydrogen-bond acceptors (Lipinski definition) is 4. The smallest absolute Gasteiger partial charge is 0.255 e. The Hall–Kier alpha value is -4.13. The largest absolute Gasteiger partial charge is 0.497 e. The minimum atomic E-state index is -0.262. The lowest BCUT2D eigenvalue weighted by Gasteiger charge is -2.32. The van der Waals surface area contributed by atoms with E-state index in [4.69, 9.17) is 4.74 Å². The maximum absolute atomic E-state index is 12.9. The van der Waals surface area contributed by atoms with Crippen LogP contribution in [-0.4, -0.2) is 42.8 Å². The number of hydrogen-bond donors (Lipinski definition) is 2. The Morgan fingerprint density at radius 1 is 0.886 bits per heavy atom. The molecule has 7 nitrogen and oxygen atoms in total. The van der Waals surface area contributed by atoms with Crippen molar-refractivity contribution in [1.82, 2.24) is 4.90 Å². The fourth-order valence-corrected chi connectivity index (χ4v) is 4.13. The fourth-order valence-electron chi connectivity index (χ4n) is 4.13. The molecule has 35 heavy (non-hydrogen) atoms. The van der Waals surface area contributed by atoms with Gasteiger partial charge in [0.15, 0.2) is 0 Å². The number of anilines is 2. The Morgan fingerprint density at radius 2 is 1.54 bits per heavy atom. The highest BCUT2D eigenvalue weighted by atomic mass is 16.5. The summed E-state index contributed by atoms with van der Waals surface area (Å²) in [6.45, 7) is 1.09. The third kappa shape index (κ3) is 6.47. The van der Waals surface area contributed by atoms with Crippen LogP contribution in [0.15, 0.2) is 78.9 Å². The number of nitrogens with one attached hydrogen (secondary N) is 2. The molecule has 3 amide bonds. The molecule has 0 saturated carbocycles. The molecule has 1 aliphatic heterocycles. The van der Waals surface area contributed by atoms with Gasteiger partial charge in [0.2, 0.25) is 11.8 Å². The third-order valence-electron chi connectivity index (χ3n) is 6.11. The molecule has 0 aliphatic carbocycles. The summed E-state index contributed by atoms with van der Waals surface area (Å²) in [4.78, 5) is 39.9. The van der Waals surface area contributed by atoms with E-state index in [1.165, 1.54) is 0 Å². The highest BCUT2D eigenvalue weighted by Gasteiger charge is 2.28. The van der Waals surface area contributed by atoms with E-state index in [0.29, 0.717) is 42.2 Å². The molecule has 1 aliphatic rings. The van der Waals surface area contributed by atoms with E-state index in [2.05, 4.69) is 10.6 Å². The first-order valence-electron chi connectivity index (χ1n) is 11.7. The van der Waals surface area contributed by atoms with Crippen molar-refractivity contribution in [3.8, 4) is 5.75 Å². The first-order valence-corrected chi connectivity index (χ1v) is 11.7. The predicted molar refractivity (Wildman–Crippen MR) is 135 cm³/mol. The zero-order valence-electron chi connectivity index (χ0n) is 19.7. The first-order chi connectivity index (χ1) is 17.0. The molecular weight excluding hydrogens is 442 g/mol. The normalized spacial score (nSPS) is 15.2. The number of methoxy groups -OCH3 is 1. The number of carbonyl (C=O) groups is 3. The third-order valence-corrected chi connectivity index (χ3v) is 6.11. The Morgan fingerprint density at radius 3 is 2.23 bits per heavy atom. The van der Waals surface area contributed by atoms with Crippen LogP contribution < -0.4 is 15.4 Å². The molecule has 2 N–H and O–H groups in total. The maximum atomic E-state index is 12.9. The Labute approximate surface area is 205 Å². The van der Waals surface area contributed by atoms with Gasteiger partial charge in [-0.05, 0) is 66.9 Å². The molecule has 1 atom stereocenters. The molecule has 0 aromatic heterocycles. The van der Waals surface area contributed by atoms with Crippen molar-refractivity contribution in [1.29, 1.82) is 0 Å². The SMILES string of the molecule is COc1ccc(NC(=O)c2ccc(NC(=O)C3CCCN(C(=O)Cc4ccccc4)C3)cc2)cc1. The monoisotopic (exact) mass is 471 g/mol. The lowest BCUT2D eigenvalue weighted by atomic mass is 9.96. The standard InChI is InChI=1S/C28H29N3O4/c1-35-25-15-13-24(14-16-25)29-27(33)21-9-11-23(12-10-21)30-28(34)22-8-5-17-31(19-22)26(32)18-20-6-3-2-4-7-20/h2-4,6-7,9-16,22H,5,8,17-19H2,1H3,(H,29,33)(H,30,34). The van der Waals surface area contributed by atoms with E-state index in [1.54, 1.807) is 60.5 Å². The molecule has 1 unspecified atom stereocenters. The summed E-state index contributed by atoms with van der Waals surface area (Å²) in [5.74, 6) is 0.137. The second kappa shape index (κ2) is 11.3. The zero-order chi connectivity index (χ0) is 24.6. The zero-order valence-corrected chi connectivity index (χ0v) is 19.7. The molecule has 180 valence electrons. The van der Waals surface area contributed by atoms with Gasteiger partial charge in [-0.2, -0.15) is 0 Å². The van der Waals surface area contributed by atoms with Gasteiger partial charge in [0.1, 0.15) is 5.75 Å². The van der Waals surface area contributed by atoms with Crippen LogP contribution in [0.2, 0.25) is 0 Å². The van der Waals surface area contributed by atoms with Crippen LogP contribution in [0, 0.1) is 5.92 Å². The van der Waals surface area contributed by atoms with E-state index in [9.17, 15) is 14.4 Å². The van der Waals surface area contributed by atoms with Crippen molar-refractivity contribution in [3.05, 3.63) is 90.0 Å². The van der Waals surface area contributed by atoms with Crippen LogP contribution in [0.3, 0.4) is 0 Å². The molecule has 1 heterocycles. The minimum Gasteiger partial charge on any atom is -0.497 e. The Bertz CT molecular complexity index is 1160. The number of benzene rings is 3. The van der Waals surface area contributed by atoms with Crippen molar-refractivity contribution in [2.75, 3.05) is 30.8 Å². The molecule has 4 rings (SSSR count). The van der Waals surface area contributed by atoms with Crippen molar-refractivity contribution in [2.45, 2.75) is 19.3 Å². The number of rotatable bonds is 7. The molecule has 1 saturated heterocycles. The molecule has 0 bridgehead atoms. The second-order valence-electron chi connectivity index (χ2n) is 8.59. The molecule has 3 aromatic rings. The van der Waals surface area contributed by atoms with E-state index < -0.39 is 0 Å². The van der Waals surface area contributed by atoms with Gasteiger partial charge in [0, 0.05) is 30.0 Å². The van der Waals surface area contributed by atoms with Crippen LogP contribution >= 0.6 is 0 Å². The summed E-state index contributed by atoms with van der Waals surface area (Å²) in [6.07, 6.45) is 1.88. The van der Waals surface area contributed by atoms with Crippen molar-refractivity contribution in [3.63, 3.8) is 0 Å². The van der Waals surface area contributed by atoms with E-state index in [1.807, 2.05) is 30.3 Å². The number of carbonyl (C=O) groups excluding carboxylic acids is 3. The first kappa shape index (κ1) is 24.0. The lowest BCUT2D eigenvalue weighted by Crippen LogP contribution is -2.44. The topological polar surface area (TPSA) is 87.7 Å². The summed E-state index contributed by atoms with van der Waals surface area (Å²) in [5.41, 5.74) is 2.73. The number of likely N-dealkylation sites (tertiary alicyclic amines) is 1. The van der Waals surface area contributed by atoms with E-state index >= 15 is 0 Å². The number of piperidine rings is 1. The number of nitrogens with zero attached hydrogens (tertiary/aromatic N) is 1. The lowest BCUT2D eigenvalue weighted by molar-refractivity contribution is -0.133. The average molecular weight is 472 g/mol. The molecular formula is C28H29N3O4. The van der Waals surface area contributed by atoms with Gasteiger partial charge < -0.3 is 20.3 Å². The van der Waals surface area contributed by atoms with Crippen LogP contribution in [0.1, 0.15) is 28.8 Å². The quantitative estimate of drug-likeness (QED) is 0.536. The summed E-state index contributed by atoms with van der Waals surface area (Å²) < 4.78 is 5.12. The minimum absolute atomic E-state index is 0.0425. The van der Waals surface area contributed by atoms with E-state index in [-0.39, 0.29) is 23.6 Å². The van der Waals surface area contributed by atoms with Gasteiger partial charge in [-0.25, -0.2) is 0 Å². The van der Waals surface area contributed by atoms with Gasteiger partial charge >= 0.3 is 0 Å². The Balaban J connectivity index is 1.30. The van der Waals surface area contributed by atoms with Gasteiger partial charge in [-0.15, -0.1) is 0 Å². The second-order valence-corrected chi connectivity index (χ2v) is 8.59. The highest BCUT2D eigenvalue weighted by Crippen LogP contribution is 2.21. The van der Waals surface area contributed by atoms with Crippen molar-refractivity contribution < 1.29 is 19.1 Å². The van der Waals surface area contributed by atoms with Gasteiger partial charge in [-0.1, -0.05) is 30.3 Å². The Kier molecular flexibility index (Phi) is 7.77.